The lowest BCUT2D eigenvalue weighted by molar-refractivity contribution is -0.189. The van der Waals surface area contributed by atoms with Crippen molar-refractivity contribution in [3.8, 4) is 0 Å². The van der Waals surface area contributed by atoms with Crippen molar-refractivity contribution >= 4 is 5.97 Å². The van der Waals surface area contributed by atoms with E-state index in [0.717, 1.165) is 0 Å². The Morgan fingerprint density at radius 3 is 2.60 bits per heavy atom. The second-order valence-electron chi connectivity index (χ2n) is 6.68. The summed E-state index contributed by atoms with van der Waals surface area (Å²) < 4.78 is 5.36. The van der Waals surface area contributed by atoms with Crippen molar-refractivity contribution in [1.29, 1.82) is 0 Å². The van der Waals surface area contributed by atoms with Crippen LogP contribution in [0.1, 0.15) is 26.7 Å². The highest BCUT2D eigenvalue weighted by Gasteiger charge is 2.66. The molecule has 20 heavy (non-hydrogen) atoms. The normalized spacial score (nSPS) is 54.4. The molecule has 110 valence electrons. The van der Waals surface area contributed by atoms with Gasteiger partial charge in [0.15, 0.2) is 0 Å². The second kappa shape index (κ2) is 3.72. The van der Waals surface area contributed by atoms with Gasteiger partial charge in [-0.05, 0) is 26.7 Å². The summed E-state index contributed by atoms with van der Waals surface area (Å²) in [5.74, 6) is -1.56. The van der Waals surface area contributed by atoms with Crippen LogP contribution in [-0.4, -0.2) is 44.2 Å². The number of hydrogen-bond donors (Lipinski definition) is 3. The SMILES string of the molecule is C=C1C(=O)O[C@H]2[C@H]1CC[C@@](C)(O)[C@]1(O)C=C[C@@](C)(O)[C@H]21. The van der Waals surface area contributed by atoms with Gasteiger partial charge in [0.1, 0.15) is 11.7 Å². The van der Waals surface area contributed by atoms with Crippen LogP contribution in [0.3, 0.4) is 0 Å². The predicted molar refractivity (Wildman–Crippen MR) is 70.6 cm³/mol. The smallest absolute Gasteiger partial charge is 0.334 e. The summed E-state index contributed by atoms with van der Waals surface area (Å²) in [6.07, 6.45) is 3.04. The van der Waals surface area contributed by atoms with Crippen LogP contribution < -0.4 is 0 Å². The molecule has 3 aliphatic rings. The Hall–Kier alpha value is -1.17. The highest BCUT2D eigenvalue weighted by atomic mass is 16.6. The van der Waals surface area contributed by atoms with Crippen LogP contribution in [0.15, 0.2) is 24.3 Å². The van der Waals surface area contributed by atoms with E-state index in [4.69, 9.17) is 4.74 Å². The maximum Gasteiger partial charge on any atom is 0.334 e. The van der Waals surface area contributed by atoms with Crippen molar-refractivity contribution in [2.75, 3.05) is 0 Å². The zero-order chi connectivity index (χ0) is 14.9. The number of rotatable bonds is 0. The van der Waals surface area contributed by atoms with E-state index < -0.39 is 34.8 Å². The van der Waals surface area contributed by atoms with Crippen molar-refractivity contribution in [3.63, 3.8) is 0 Å². The van der Waals surface area contributed by atoms with Gasteiger partial charge in [0, 0.05) is 11.5 Å². The summed E-state index contributed by atoms with van der Waals surface area (Å²) in [6, 6.07) is 0. The summed E-state index contributed by atoms with van der Waals surface area (Å²) in [5.41, 5.74) is -4.01. The van der Waals surface area contributed by atoms with Crippen LogP contribution >= 0.6 is 0 Å². The molecule has 6 atom stereocenters. The van der Waals surface area contributed by atoms with Crippen LogP contribution in [-0.2, 0) is 9.53 Å². The average molecular weight is 280 g/mol. The van der Waals surface area contributed by atoms with E-state index in [9.17, 15) is 20.1 Å². The first-order chi connectivity index (χ1) is 9.10. The minimum atomic E-state index is -1.62. The Kier molecular flexibility index (Phi) is 2.57. The first-order valence-corrected chi connectivity index (χ1v) is 6.87. The first kappa shape index (κ1) is 13.8. The first-order valence-electron chi connectivity index (χ1n) is 6.87. The molecule has 2 aliphatic carbocycles. The van der Waals surface area contributed by atoms with Crippen molar-refractivity contribution in [2.24, 2.45) is 11.8 Å². The highest BCUT2D eigenvalue weighted by Crippen LogP contribution is 2.54. The standard InChI is InChI=1S/C15H20O5/c1-8-9-4-5-14(3,18)15(19)7-6-13(2,17)11(15)10(9)20-12(8)16/h6-7,9-11,17-19H,1,4-5H2,2-3H3/t9-,10-,11-,13+,14+,15-/m0/s1. The van der Waals surface area contributed by atoms with Crippen molar-refractivity contribution in [2.45, 2.75) is 49.6 Å². The molecule has 5 nitrogen and oxygen atoms in total. The van der Waals surface area contributed by atoms with E-state index in [1.807, 2.05) is 0 Å². The Bertz CT molecular complexity index is 518. The van der Waals surface area contributed by atoms with Crippen molar-refractivity contribution in [3.05, 3.63) is 24.3 Å². The fourth-order valence-corrected chi connectivity index (χ4v) is 3.95. The van der Waals surface area contributed by atoms with E-state index in [1.165, 1.54) is 12.2 Å². The molecular weight excluding hydrogens is 260 g/mol. The number of aliphatic hydroxyl groups is 3. The monoisotopic (exact) mass is 280 g/mol. The van der Waals surface area contributed by atoms with Gasteiger partial charge in [-0.1, -0.05) is 18.7 Å². The molecule has 0 bridgehead atoms. The largest absolute Gasteiger partial charge is 0.458 e. The topological polar surface area (TPSA) is 87.0 Å². The van der Waals surface area contributed by atoms with E-state index in [1.54, 1.807) is 13.8 Å². The number of ether oxygens (including phenoxy) is 1. The number of esters is 1. The van der Waals surface area contributed by atoms with Crippen LogP contribution in [0.4, 0.5) is 0 Å². The molecule has 3 rings (SSSR count). The lowest BCUT2D eigenvalue weighted by atomic mass is 9.70. The van der Waals surface area contributed by atoms with Crippen molar-refractivity contribution in [1.82, 2.24) is 0 Å². The molecule has 5 heteroatoms. The van der Waals surface area contributed by atoms with Gasteiger partial charge in [0.05, 0.1) is 17.1 Å². The second-order valence-corrected chi connectivity index (χ2v) is 6.68. The predicted octanol–water partition coefficient (Wildman–Crippen LogP) is 0.297. The summed E-state index contributed by atoms with van der Waals surface area (Å²) in [5, 5.41) is 32.1. The maximum atomic E-state index is 11.8. The molecule has 1 saturated carbocycles. The molecule has 0 amide bonds. The average Bonchev–Trinajstić information content (AvgIpc) is 2.70. The number of hydrogen-bond acceptors (Lipinski definition) is 5. The highest BCUT2D eigenvalue weighted by molar-refractivity contribution is 5.91. The fraction of sp³-hybridized carbons (Fsp3) is 0.667. The third kappa shape index (κ3) is 1.51. The van der Waals surface area contributed by atoms with Gasteiger partial charge < -0.3 is 20.1 Å². The lowest BCUT2D eigenvalue weighted by Gasteiger charge is -2.44. The molecule has 3 N–H and O–H groups in total. The summed E-state index contributed by atoms with van der Waals surface area (Å²) in [6.45, 7) is 6.86. The zero-order valence-electron chi connectivity index (χ0n) is 11.7. The minimum Gasteiger partial charge on any atom is -0.458 e. The van der Waals surface area contributed by atoms with E-state index in [0.29, 0.717) is 18.4 Å². The molecule has 0 spiro atoms. The number of carbonyl (C=O) groups excluding carboxylic acids is 1. The summed E-state index contributed by atoms with van der Waals surface area (Å²) in [4.78, 5) is 11.8. The fourth-order valence-electron chi connectivity index (χ4n) is 3.95. The van der Waals surface area contributed by atoms with Crippen LogP contribution in [0.5, 0.6) is 0 Å². The lowest BCUT2D eigenvalue weighted by Crippen LogP contribution is -2.60. The molecular formula is C15H20O5. The van der Waals surface area contributed by atoms with Crippen molar-refractivity contribution < 1.29 is 24.9 Å². The van der Waals surface area contributed by atoms with Gasteiger partial charge in [-0.2, -0.15) is 0 Å². The molecule has 0 aromatic carbocycles. The van der Waals surface area contributed by atoms with Gasteiger partial charge in [-0.3, -0.25) is 0 Å². The molecule has 0 unspecified atom stereocenters. The van der Waals surface area contributed by atoms with Gasteiger partial charge in [0.2, 0.25) is 0 Å². The molecule has 1 saturated heterocycles. The third-order valence-electron chi connectivity index (χ3n) is 5.26. The van der Waals surface area contributed by atoms with E-state index >= 15 is 0 Å². The quantitative estimate of drug-likeness (QED) is 0.337. The molecule has 2 fully saturated rings. The van der Waals surface area contributed by atoms with Gasteiger partial charge in [0.25, 0.3) is 0 Å². The van der Waals surface area contributed by atoms with E-state index in [-0.39, 0.29) is 5.92 Å². The van der Waals surface area contributed by atoms with Gasteiger partial charge >= 0.3 is 5.97 Å². The maximum absolute atomic E-state index is 11.8. The Labute approximate surface area is 117 Å². The van der Waals surface area contributed by atoms with Crippen LogP contribution in [0, 0.1) is 11.8 Å². The molecule has 1 heterocycles. The summed E-state index contributed by atoms with van der Waals surface area (Å²) in [7, 11) is 0. The van der Waals surface area contributed by atoms with Gasteiger partial charge in [-0.15, -0.1) is 0 Å². The summed E-state index contributed by atoms with van der Waals surface area (Å²) >= 11 is 0. The van der Waals surface area contributed by atoms with Crippen LogP contribution in [0.2, 0.25) is 0 Å². The zero-order valence-corrected chi connectivity index (χ0v) is 11.7. The number of fused-ring (bicyclic) bond motifs is 3. The molecule has 1 aliphatic heterocycles. The third-order valence-corrected chi connectivity index (χ3v) is 5.26. The molecule has 0 radical (unpaired) electrons. The Morgan fingerprint density at radius 2 is 1.95 bits per heavy atom. The Balaban J connectivity index is 2.13. The molecule has 0 aromatic heterocycles. The van der Waals surface area contributed by atoms with Gasteiger partial charge in [-0.25, -0.2) is 4.79 Å². The molecule has 0 aromatic rings. The van der Waals surface area contributed by atoms with Crippen LogP contribution in [0.25, 0.3) is 0 Å². The number of carbonyl (C=O) groups is 1. The van der Waals surface area contributed by atoms with E-state index in [2.05, 4.69) is 6.58 Å². The Morgan fingerprint density at radius 1 is 1.30 bits per heavy atom. The minimum absolute atomic E-state index is 0.278.